The molecule has 74 valence electrons. The fourth-order valence-electron chi connectivity index (χ4n) is 2.03. The topological polar surface area (TPSA) is 40.5 Å². The minimum Gasteiger partial charge on any atom is -0.394 e. The largest absolute Gasteiger partial charge is 0.394 e. The molecule has 0 aromatic heterocycles. The predicted molar refractivity (Wildman–Crippen MR) is 54.2 cm³/mol. The number of para-hydroxylation sites is 1. The van der Waals surface area contributed by atoms with Crippen LogP contribution in [0.4, 0.5) is 5.69 Å². The van der Waals surface area contributed by atoms with Gasteiger partial charge in [-0.25, -0.2) is 0 Å². The van der Waals surface area contributed by atoms with Gasteiger partial charge >= 0.3 is 0 Å². The molecule has 1 aromatic rings. The van der Waals surface area contributed by atoms with Crippen LogP contribution >= 0.6 is 0 Å². The second-order valence-electron chi connectivity index (χ2n) is 3.56. The van der Waals surface area contributed by atoms with Crippen molar-refractivity contribution in [1.82, 2.24) is 0 Å². The Morgan fingerprint density at radius 3 is 2.93 bits per heavy atom. The van der Waals surface area contributed by atoms with Crippen LogP contribution in [0.1, 0.15) is 12.5 Å². The first-order chi connectivity index (χ1) is 6.74. The van der Waals surface area contributed by atoms with Gasteiger partial charge in [0.25, 0.3) is 0 Å². The molecule has 0 aliphatic carbocycles. The van der Waals surface area contributed by atoms with Gasteiger partial charge in [0.15, 0.2) is 0 Å². The molecule has 0 saturated heterocycles. The average Bonchev–Trinajstić information content (AvgIpc) is 2.55. The van der Waals surface area contributed by atoms with Crippen molar-refractivity contribution < 1.29 is 9.90 Å². The van der Waals surface area contributed by atoms with Crippen LogP contribution in [0.15, 0.2) is 24.3 Å². The van der Waals surface area contributed by atoms with E-state index in [1.165, 1.54) is 6.92 Å². The molecular formula is C11H13NO2. The van der Waals surface area contributed by atoms with Gasteiger partial charge in [-0.1, -0.05) is 18.2 Å². The number of benzene rings is 1. The summed E-state index contributed by atoms with van der Waals surface area (Å²) in [6.45, 7) is 1.55. The standard InChI is InChI=1S/C11H13NO2/c1-8(14)12-10(7-13)6-9-4-2-3-5-11(9)12/h2-5,10,13H,6-7H2,1H3. The molecule has 0 saturated carbocycles. The van der Waals surface area contributed by atoms with Crippen molar-refractivity contribution in [3.05, 3.63) is 29.8 Å². The number of carbonyl (C=O) groups is 1. The monoisotopic (exact) mass is 191 g/mol. The number of aliphatic hydroxyl groups excluding tert-OH is 1. The van der Waals surface area contributed by atoms with Gasteiger partial charge in [0.2, 0.25) is 5.91 Å². The van der Waals surface area contributed by atoms with Crippen LogP contribution in [0.2, 0.25) is 0 Å². The van der Waals surface area contributed by atoms with E-state index in [9.17, 15) is 4.79 Å². The summed E-state index contributed by atoms with van der Waals surface area (Å²) in [5.41, 5.74) is 2.08. The van der Waals surface area contributed by atoms with Crippen LogP contribution in [0.5, 0.6) is 0 Å². The fraction of sp³-hybridized carbons (Fsp3) is 0.364. The quantitative estimate of drug-likeness (QED) is 0.718. The third kappa shape index (κ3) is 1.30. The number of anilines is 1. The number of aliphatic hydroxyl groups is 1. The van der Waals surface area contributed by atoms with Gasteiger partial charge in [0.1, 0.15) is 0 Å². The van der Waals surface area contributed by atoms with Crippen molar-refractivity contribution in [1.29, 1.82) is 0 Å². The van der Waals surface area contributed by atoms with Gasteiger partial charge in [-0.15, -0.1) is 0 Å². The van der Waals surface area contributed by atoms with Crippen LogP contribution in [-0.4, -0.2) is 23.7 Å². The summed E-state index contributed by atoms with van der Waals surface area (Å²) in [6, 6.07) is 7.71. The smallest absolute Gasteiger partial charge is 0.224 e. The van der Waals surface area contributed by atoms with Gasteiger partial charge in [0.05, 0.1) is 12.6 Å². The molecule has 1 aliphatic rings. The second kappa shape index (κ2) is 3.42. The van der Waals surface area contributed by atoms with Crippen LogP contribution in [0.25, 0.3) is 0 Å². The van der Waals surface area contributed by atoms with Gasteiger partial charge in [-0.3, -0.25) is 4.79 Å². The highest BCUT2D eigenvalue weighted by molar-refractivity contribution is 5.94. The molecule has 1 amide bonds. The van der Waals surface area contributed by atoms with Crippen LogP contribution in [0, 0.1) is 0 Å². The van der Waals surface area contributed by atoms with Crippen molar-refractivity contribution in [2.75, 3.05) is 11.5 Å². The zero-order valence-corrected chi connectivity index (χ0v) is 8.10. The molecule has 0 spiro atoms. The maximum Gasteiger partial charge on any atom is 0.224 e. The SMILES string of the molecule is CC(=O)N1c2ccccc2CC1CO. The minimum absolute atomic E-state index is 0.00556. The molecule has 0 bridgehead atoms. The van der Waals surface area contributed by atoms with E-state index >= 15 is 0 Å². The Kier molecular flexibility index (Phi) is 2.25. The Bertz CT molecular complexity index is 362. The molecule has 1 heterocycles. The lowest BCUT2D eigenvalue weighted by Crippen LogP contribution is -2.38. The molecule has 1 aliphatic heterocycles. The molecule has 1 N–H and O–H groups in total. The van der Waals surface area contributed by atoms with Gasteiger partial charge < -0.3 is 10.0 Å². The molecule has 1 aromatic carbocycles. The van der Waals surface area contributed by atoms with Gasteiger partial charge in [-0.05, 0) is 18.1 Å². The molecule has 3 nitrogen and oxygen atoms in total. The Morgan fingerprint density at radius 2 is 2.29 bits per heavy atom. The zero-order chi connectivity index (χ0) is 10.1. The molecule has 0 radical (unpaired) electrons. The third-order valence-electron chi connectivity index (χ3n) is 2.62. The summed E-state index contributed by atoms with van der Waals surface area (Å²) in [6.07, 6.45) is 0.756. The number of hydrogen-bond acceptors (Lipinski definition) is 2. The van der Waals surface area contributed by atoms with Crippen LogP contribution in [-0.2, 0) is 11.2 Å². The fourth-order valence-corrected chi connectivity index (χ4v) is 2.03. The van der Waals surface area contributed by atoms with E-state index < -0.39 is 0 Å². The molecule has 14 heavy (non-hydrogen) atoms. The number of hydrogen-bond donors (Lipinski definition) is 1. The Morgan fingerprint density at radius 1 is 1.57 bits per heavy atom. The number of carbonyl (C=O) groups excluding carboxylic acids is 1. The van der Waals surface area contributed by atoms with Gasteiger partial charge in [-0.2, -0.15) is 0 Å². The van der Waals surface area contributed by atoms with E-state index in [4.69, 9.17) is 5.11 Å². The Hall–Kier alpha value is -1.35. The number of nitrogens with zero attached hydrogens (tertiary/aromatic N) is 1. The summed E-state index contributed by atoms with van der Waals surface area (Å²) in [7, 11) is 0. The van der Waals surface area contributed by atoms with E-state index in [0.717, 1.165) is 17.7 Å². The van der Waals surface area contributed by atoms with E-state index in [2.05, 4.69) is 0 Å². The zero-order valence-electron chi connectivity index (χ0n) is 8.10. The lowest BCUT2D eigenvalue weighted by molar-refractivity contribution is -0.117. The van der Waals surface area contributed by atoms with E-state index in [1.807, 2.05) is 24.3 Å². The molecular weight excluding hydrogens is 178 g/mol. The van der Waals surface area contributed by atoms with E-state index in [1.54, 1.807) is 4.90 Å². The Balaban J connectivity index is 2.42. The average molecular weight is 191 g/mol. The van der Waals surface area contributed by atoms with E-state index in [-0.39, 0.29) is 18.6 Å². The molecule has 3 heteroatoms. The normalized spacial score (nSPS) is 19.6. The highest BCUT2D eigenvalue weighted by Crippen LogP contribution is 2.31. The maximum absolute atomic E-state index is 11.4. The molecule has 1 atom stereocenters. The van der Waals surface area contributed by atoms with Crippen LogP contribution in [0.3, 0.4) is 0 Å². The lowest BCUT2D eigenvalue weighted by atomic mass is 10.1. The number of amides is 1. The van der Waals surface area contributed by atoms with Crippen molar-refractivity contribution >= 4 is 11.6 Å². The highest BCUT2D eigenvalue weighted by Gasteiger charge is 2.30. The molecule has 0 fully saturated rings. The summed E-state index contributed by atoms with van der Waals surface area (Å²) in [5.74, 6) is -0.00556. The molecule has 2 rings (SSSR count). The first-order valence-electron chi connectivity index (χ1n) is 4.72. The van der Waals surface area contributed by atoms with Crippen molar-refractivity contribution in [3.8, 4) is 0 Å². The summed E-state index contributed by atoms with van der Waals surface area (Å²) in [4.78, 5) is 13.1. The minimum atomic E-state index is -0.0788. The first kappa shape index (κ1) is 9.21. The van der Waals surface area contributed by atoms with Crippen molar-refractivity contribution in [2.45, 2.75) is 19.4 Å². The Labute approximate surface area is 83.0 Å². The number of rotatable bonds is 1. The molecule has 1 unspecified atom stereocenters. The summed E-state index contributed by atoms with van der Waals surface area (Å²) < 4.78 is 0. The van der Waals surface area contributed by atoms with Crippen LogP contribution < -0.4 is 4.90 Å². The van der Waals surface area contributed by atoms with Gasteiger partial charge in [0, 0.05) is 12.6 Å². The van der Waals surface area contributed by atoms with Crippen molar-refractivity contribution in [2.24, 2.45) is 0 Å². The van der Waals surface area contributed by atoms with E-state index in [0.29, 0.717) is 0 Å². The van der Waals surface area contributed by atoms with Crippen molar-refractivity contribution in [3.63, 3.8) is 0 Å². The summed E-state index contributed by atoms with van der Waals surface area (Å²) in [5, 5.41) is 9.16. The lowest BCUT2D eigenvalue weighted by Gasteiger charge is -2.22. The third-order valence-corrected chi connectivity index (χ3v) is 2.62. The first-order valence-corrected chi connectivity index (χ1v) is 4.72. The highest BCUT2D eigenvalue weighted by atomic mass is 16.3. The second-order valence-corrected chi connectivity index (χ2v) is 3.56. The number of fused-ring (bicyclic) bond motifs is 1. The maximum atomic E-state index is 11.4. The summed E-state index contributed by atoms with van der Waals surface area (Å²) >= 11 is 0. The predicted octanol–water partition coefficient (Wildman–Crippen LogP) is 0.956.